The van der Waals surface area contributed by atoms with E-state index in [9.17, 15) is 9.18 Å². The second-order valence-electron chi connectivity index (χ2n) is 8.69. The highest BCUT2D eigenvalue weighted by atomic mass is 19.1. The fraction of sp³-hybridized carbons (Fsp3) is 0.458. The number of halogens is 1. The van der Waals surface area contributed by atoms with Gasteiger partial charge in [0.15, 0.2) is 0 Å². The molecule has 0 aliphatic heterocycles. The SMILES string of the molecule is COCC(C)n1cc(-c2ccnc(N[C@H]3CC[C@H](C)CC3)n2)n(-c2ccc(F)cc2)c1=O. The van der Waals surface area contributed by atoms with Gasteiger partial charge in [-0.2, -0.15) is 0 Å². The molecule has 1 aliphatic carbocycles. The van der Waals surface area contributed by atoms with Crippen molar-refractivity contribution in [2.45, 2.75) is 51.6 Å². The van der Waals surface area contributed by atoms with Gasteiger partial charge in [-0.1, -0.05) is 6.92 Å². The van der Waals surface area contributed by atoms with Gasteiger partial charge in [0.25, 0.3) is 0 Å². The van der Waals surface area contributed by atoms with Crippen molar-refractivity contribution < 1.29 is 9.13 Å². The third-order valence-corrected chi connectivity index (χ3v) is 6.15. The Hall–Kier alpha value is -3.00. The van der Waals surface area contributed by atoms with Gasteiger partial charge < -0.3 is 10.1 Å². The van der Waals surface area contributed by atoms with Gasteiger partial charge in [0.2, 0.25) is 5.95 Å². The maximum absolute atomic E-state index is 13.5. The number of ether oxygens (including phenoxy) is 1. The average Bonchev–Trinajstić information content (AvgIpc) is 3.13. The summed E-state index contributed by atoms with van der Waals surface area (Å²) in [6.45, 7) is 4.60. The Morgan fingerprint density at radius 2 is 1.91 bits per heavy atom. The average molecular weight is 440 g/mol. The molecule has 8 heteroatoms. The van der Waals surface area contributed by atoms with E-state index in [1.54, 1.807) is 46.8 Å². The van der Waals surface area contributed by atoms with Crippen molar-refractivity contribution in [3.8, 4) is 17.1 Å². The Morgan fingerprint density at radius 3 is 2.59 bits per heavy atom. The lowest BCUT2D eigenvalue weighted by atomic mass is 9.87. The predicted octanol–water partition coefficient (Wildman–Crippen LogP) is 4.43. The number of anilines is 1. The van der Waals surface area contributed by atoms with Crippen LogP contribution in [0.1, 0.15) is 45.6 Å². The maximum atomic E-state index is 13.5. The maximum Gasteiger partial charge on any atom is 0.333 e. The smallest absolute Gasteiger partial charge is 0.333 e. The zero-order valence-corrected chi connectivity index (χ0v) is 18.8. The molecule has 0 spiro atoms. The molecule has 1 aromatic carbocycles. The fourth-order valence-corrected chi connectivity index (χ4v) is 4.28. The van der Waals surface area contributed by atoms with Crippen LogP contribution in [0.3, 0.4) is 0 Å². The first-order valence-electron chi connectivity index (χ1n) is 11.1. The molecule has 1 saturated carbocycles. The van der Waals surface area contributed by atoms with Gasteiger partial charge in [-0.3, -0.25) is 9.13 Å². The quantitative estimate of drug-likeness (QED) is 0.589. The molecular formula is C24H30FN5O2. The summed E-state index contributed by atoms with van der Waals surface area (Å²) in [7, 11) is 1.60. The second-order valence-corrected chi connectivity index (χ2v) is 8.69. The number of nitrogens with zero attached hydrogens (tertiary/aromatic N) is 4. The zero-order chi connectivity index (χ0) is 22.7. The molecule has 7 nitrogen and oxygen atoms in total. The molecule has 0 saturated heterocycles. The van der Waals surface area contributed by atoms with Gasteiger partial charge in [-0.25, -0.2) is 19.2 Å². The summed E-state index contributed by atoms with van der Waals surface area (Å²) >= 11 is 0. The van der Waals surface area contributed by atoms with Crippen molar-refractivity contribution in [2.24, 2.45) is 5.92 Å². The van der Waals surface area contributed by atoms with E-state index in [0.717, 1.165) is 18.8 Å². The zero-order valence-electron chi connectivity index (χ0n) is 18.8. The Balaban J connectivity index is 1.73. The van der Waals surface area contributed by atoms with Crippen LogP contribution in [-0.4, -0.2) is 38.9 Å². The second kappa shape index (κ2) is 9.65. The van der Waals surface area contributed by atoms with E-state index in [2.05, 4.69) is 17.2 Å². The molecule has 0 radical (unpaired) electrons. The third-order valence-electron chi connectivity index (χ3n) is 6.15. The van der Waals surface area contributed by atoms with Crippen LogP contribution in [0, 0.1) is 11.7 Å². The van der Waals surface area contributed by atoms with Gasteiger partial charge in [0.05, 0.1) is 29.7 Å². The van der Waals surface area contributed by atoms with E-state index in [0.29, 0.717) is 35.7 Å². The topological polar surface area (TPSA) is 74.0 Å². The molecule has 1 aliphatic rings. The van der Waals surface area contributed by atoms with Gasteiger partial charge in [-0.15, -0.1) is 0 Å². The summed E-state index contributed by atoms with van der Waals surface area (Å²) in [4.78, 5) is 22.4. The molecule has 32 heavy (non-hydrogen) atoms. The largest absolute Gasteiger partial charge is 0.383 e. The number of hydrogen-bond acceptors (Lipinski definition) is 5. The fourth-order valence-electron chi connectivity index (χ4n) is 4.28. The van der Waals surface area contributed by atoms with Crippen LogP contribution in [0.25, 0.3) is 17.1 Å². The Bertz CT molecular complexity index is 1100. The lowest BCUT2D eigenvalue weighted by molar-refractivity contribution is 0.161. The van der Waals surface area contributed by atoms with Gasteiger partial charge in [0, 0.05) is 25.5 Å². The first-order valence-corrected chi connectivity index (χ1v) is 11.1. The molecule has 0 bridgehead atoms. The molecule has 1 fully saturated rings. The molecule has 2 aromatic heterocycles. The van der Waals surface area contributed by atoms with E-state index in [4.69, 9.17) is 9.72 Å². The number of methoxy groups -OCH3 is 1. The highest BCUT2D eigenvalue weighted by molar-refractivity contribution is 5.59. The lowest BCUT2D eigenvalue weighted by Gasteiger charge is -2.26. The van der Waals surface area contributed by atoms with Crippen LogP contribution in [0.5, 0.6) is 0 Å². The van der Waals surface area contributed by atoms with Crippen LogP contribution < -0.4 is 11.0 Å². The third kappa shape index (κ3) is 4.75. The summed E-state index contributed by atoms with van der Waals surface area (Å²) in [5, 5.41) is 3.46. The van der Waals surface area contributed by atoms with E-state index < -0.39 is 0 Å². The molecule has 4 rings (SSSR count). The molecule has 0 amide bonds. The molecular weight excluding hydrogens is 409 g/mol. The molecule has 170 valence electrons. The highest BCUT2D eigenvalue weighted by Crippen LogP contribution is 2.26. The monoisotopic (exact) mass is 439 g/mol. The predicted molar refractivity (Wildman–Crippen MR) is 123 cm³/mol. The van der Waals surface area contributed by atoms with Crippen LogP contribution in [0.4, 0.5) is 10.3 Å². The minimum Gasteiger partial charge on any atom is -0.383 e. The van der Waals surface area contributed by atoms with E-state index in [1.165, 1.54) is 25.0 Å². The number of imidazole rings is 1. The standard InChI is InChI=1S/C24H30FN5O2/c1-16-4-8-19(9-5-16)27-23-26-13-12-21(28-23)22-14-29(17(2)15-32-3)24(31)30(22)20-10-6-18(25)7-11-20/h6-7,10-14,16-17,19H,4-5,8-9,15H2,1-3H3,(H,26,27,28)/t16-,17?,19-. The van der Waals surface area contributed by atoms with Crippen molar-refractivity contribution in [1.29, 1.82) is 0 Å². The number of nitrogens with one attached hydrogen (secondary N) is 1. The first kappa shape index (κ1) is 22.2. The van der Waals surface area contributed by atoms with Crippen molar-refractivity contribution in [1.82, 2.24) is 19.1 Å². The molecule has 1 atom stereocenters. The van der Waals surface area contributed by atoms with Crippen LogP contribution in [0.15, 0.2) is 47.5 Å². The summed E-state index contributed by atoms with van der Waals surface area (Å²) in [6, 6.07) is 7.85. The van der Waals surface area contributed by atoms with Crippen LogP contribution >= 0.6 is 0 Å². The van der Waals surface area contributed by atoms with Crippen molar-refractivity contribution in [3.05, 3.63) is 59.0 Å². The highest BCUT2D eigenvalue weighted by Gasteiger charge is 2.21. The van der Waals surface area contributed by atoms with Gasteiger partial charge >= 0.3 is 5.69 Å². The molecule has 2 heterocycles. The van der Waals surface area contributed by atoms with Gasteiger partial charge in [0.1, 0.15) is 5.82 Å². The minimum absolute atomic E-state index is 0.170. The van der Waals surface area contributed by atoms with E-state index >= 15 is 0 Å². The van der Waals surface area contributed by atoms with Crippen molar-refractivity contribution in [3.63, 3.8) is 0 Å². The minimum atomic E-state index is -0.356. The first-order chi connectivity index (χ1) is 15.5. The normalized spacial score (nSPS) is 19.6. The number of hydrogen-bond donors (Lipinski definition) is 1. The Morgan fingerprint density at radius 1 is 1.19 bits per heavy atom. The van der Waals surface area contributed by atoms with Crippen LogP contribution in [0.2, 0.25) is 0 Å². The Labute approximate surface area is 187 Å². The summed E-state index contributed by atoms with van der Waals surface area (Å²) in [6.07, 6.45) is 8.07. The number of rotatable bonds is 7. The summed E-state index contributed by atoms with van der Waals surface area (Å²) < 4.78 is 21.9. The van der Waals surface area contributed by atoms with Crippen molar-refractivity contribution in [2.75, 3.05) is 19.0 Å². The van der Waals surface area contributed by atoms with Crippen molar-refractivity contribution >= 4 is 5.95 Å². The molecule has 1 unspecified atom stereocenters. The van der Waals surface area contributed by atoms with E-state index in [1.807, 2.05) is 6.92 Å². The van der Waals surface area contributed by atoms with E-state index in [-0.39, 0.29) is 17.5 Å². The summed E-state index contributed by atoms with van der Waals surface area (Å²) in [5.41, 5.74) is 1.58. The lowest BCUT2D eigenvalue weighted by Crippen LogP contribution is -2.27. The summed E-state index contributed by atoms with van der Waals surface area (Å²) in [5.74, 6) is 0.961. The van der Waals surface area contributed by atoms with Gasteiger partial charge in [-0.05, 0) is 68.9 Å². The molecule has 3 aromatic rings. The number of aromatic nitrogens is 4. The molecule has 1 N–H and O–H groups in total. The Kier molecular flexibility index (Phi) is 6.69. The number of benzene rings is 1. The van der Waals surface area contributed by atoms with Crippen LogP contribution in [-0.2, 0) is 4.74 Å².